The first-order valence-corrected chi connectivity index (χ1v) is 10.8. The van der Waals surface area contributed by atoms with Gasteiger partial charge in [-0.25, -0.2) is 5.43 Å². The second kappa shape index (κ2) is 10.6. The number of carbonyl (C=O) groups excluding carboxylic acids is 1. The summed E-state index contributed by atoms with van der Waals surface area (Å²) in [5, 5.41) is 4.57. The molecule has 0 spiro atoms. The SMILES string of the molecule is COc1cc(/C=N/NC(=O)c2ccc(Cl)cc2)cc(Br)c1OCc1ccc(Br)cc1. The van der Waals surface area contributed by atoms with E-state index in [2.05, 4.69) is 42.4 Å². The van der Waals surface area contributed by atoms with Crippen molar-refractivity contribution in [1.82, 2.24) is 5.43 Å². The number of ether oxygens (including phenoxy) is 2. The third kappa shape index (κ3) is 6.08. The molecule has 0 aliphatic rings. The van der Waals surface area contributed by atoms with Gasteiger partial charge in [0.2, 0.25) is 0 Å². The lowest BCUT2D eigenvalue weighted by Gasteiger charge is -2.13. The minimum atomic E-state index is -0.330. The maximum absolute atomic E-state index is 12.1. The predicted octanol–water partition coefficient (Wildman–Crippen LogP) is 6.22. The number of benzene rings is 3. The van der Waals surface area contributed by atoms with Crippen LogP contribution in [0, 0.1) is 0 Å². The van der Waals surface area contributed by atoms with Crippen LogP contribution in [0.25, 0.3) is 0 Å². The molecule has 3 rings (SSSR count). The molecule has 0 radical (unpaired) electrons. The summed E-state index contributed by atoms with van der Waals surface area (Å²) in [7, 11) is 1.57. The molecule has 0 heterocycles. The van der Waals surface area contributed by atoms with Gasteiger partial charge in [0, 0.05) is 15.1 Å². The summed E-state index contributed by atoms with van der Waals surface area (Å²) in [6.07, 6.45) is 1.53. The molecular formula is C22H17Br2ClN2O3. The average molecular weight is 553 g/mol. The first-order chi connectivity index (χ1) is 14.5. The molecule has 0 unspecified atom stereocenters. The van der Waals surface area contributed by atoms with Gasteiger partial charge >= 0.3 is 0 Å². The Labute approximate surface area is 196 Å². The minimum Gasteiger partial charge on any atom is -0.493 e. The van der Waals surface area contributed by atoms with E-state index in [0.29, 0.717) is 33.2 Å². The third-order valence-electron chi connectivity index (χ3n) is 4.03. The van der Waals surface area contributed by atoms with Crippen LogP contribution in [0.5, 0.6) is 11.5 Å². The van der Waals surface area contributed by atoms with Gasteiger partial charge in [-0.05, 0) is 75.6 Å². The number of rotatable bonds is 7. The Hall–Kier alpha value is -2.35. The van der Waals surface area contributed by atoms with Crippen molar-refractivity contribution in [3.63, 3.8) is 0 Å². The quantitative estimate of drug-likeness (QED) is 0.280. The first kappa shape index (κ1) is 22.3. The zero-order valence-electron chi connectivity index (χ0n) is 15.9. The number of hydrogen-bond donors (Lipinski definition) is 1. The Bertz CT molecular complexity index is 1060. The van der Waals surface area contributed by atoms with Crippen LogP contribution in [0.4, 0.5) is 0 Å². The molecule has 0 bridgehead atoms. The highest BCUT2D eigenvalue weighted by atomic mass is 79.9. The molecular weight excluding hydrogens is 536 g/mol. The highest BCUT2D eigenvalue weighted by Gasteiger charge is 2.12. The van der Waals surface area contributed by atoms with Gasteiger partial charge in [-0.15, -0.1) is 0 Å². The van der Waals surface area contributed by atoms with E-state index >= 15 is 0 Å². The number of carbonyl (C=O) groups is 1. The van der Waals surface area contributed by atoms with E-state index < -0.39 is 0 Å². The standard InChI is InChI=1S/C22H17Br2ClN2O3/c1-29-20-11-15(12-26-27-22(28)16-4-8-18(25)9-5-16)10-19(24)21(20)30-13-14-2-6-17(23)7-3-14/h2-12H,13H2,1H3,(H,27,28)/b26-12+. The fraction of sp³-hybridized carbons (Fsp3) is 0.0909. The second-order valence-electron chi connectivity index (χ2n) is 6.16. The largest absolute Gasteiger partial charge is 0.493 e. The van der Waals surface area contributed by atoms with Crippen LogP contribution in [0.15, 0.2) is 74.7 Å². The number of amides is 1. The smallest absolute Gasteiger partial charge is 0.271 e. The van der Waals surface area contributed by atoms with Gasteiger partial charge in [0.1, 0.15) is 6.61 Å². The van der Waals surface area contributed by atoms with Crippen molar-refractivity contribution in [1.29, 1.82) is 0 Å². The number of nitrogens with one attached hydrogen (secondary N) is 1. The summed E-state index contributed by atoms with van der Waals surface area (Å²) >= 11 is 12.8. The van der Waals surface area contributed by atoms with E-state index in [9.17, 15) is 4.79 Å². The molecule has 3 aromatic rings. The van der Waals surface area contributed by atoms with Crippen LogP contribution in [0.3, 0.4) is 0 Å². The van der Waals surface area contributed by atoms with Gasteiger partial charge < -0.3 is 9.47 Å². The second-order valence-corrected chi connectivity index (χ2v) is 8.36. The van der Waals surface area contributed by atoms with Gasteiger partial charge in [0.05, 0.1) is 17.8 Å². The van der Waals surface area contributed by atoms with E-state index in [4.69, 9.17) is 21.1 Å². The Morgan fingerprint density at radius 1 is 1.10 bits per heavy atom. The highest BCUT2D eigenvalue weighted by molar-refractivity contribution is 9.10. The molecule has 30 heavy (non-hydrogen) atoms. The van der Waals surface area contributed by atoms with Crippen molar-refractivity contribution in [2.24, 2.45) is 5.10 Å². The summed E-state index contributed by atoms with van der Waals surface area (Å²) in [6.45, 7) is 0.396. The molecule has 0 aliphatic carbocycles. The van der Waals surface area contributed by atoms with E-state index in [-0.39, 0.29) is 5.91 Å². The monoisotopic (exact) mass is 550 g/mol. The van der Waals surface area contributed by atoms with Crippen molar-refractivity contribution in [3.05, 3.63) is 91.3 Å². The van der Waals surface area contributed by atoms with Crippen LogP contribution in [-0.4, -0.2) is 19.2 Å². The number of nitrogens with zero attached hydrogens (tertiary/aromatic N) is 1. The molecule has 0 aliphatic heterocycles. The fourth-order valence-corrected chi connectivity index (χ4v) is 3.49. The topological polar surface area (TPSA) is 59.9 Å². The van der Waals surface area contributed by atoms with Crippen molar-refractivity contribution < 1.29 is 14.3 Å². The zero-order chi connectivity index (χ0) is 21.5. The molecule has 154 valence electrons. The molecule has 5 nitrogen and oxygen atoms in total. The summed E-state index contributed by atoms with van der Waals surface area (Å²) in [5.74, 6) is 0.804. The first-order valence-electron chi connectivity index (χ1n) is 8.80. The van der Waals surface area contributed by atoms with E-state index in [0.717, 1.165) is 15.6 Å². The van der Waals surface area contributed by atoms with E-state index in [1.807, 2.05) is 30.3 Å². The van der Waals surface area contributed by atoms with E-state index in [1.54, 1.807) is 37.4 Å². The zero-order valence-corrected chi connectivity index (χ0v) is 19.8. The number of hydrazone groups is 1. The molecule has 0 saturated carbocycles. The highest BCUT2D eigenvalue weighted by Crippen LogP contribution is 2.36. The fourth-order valence-electron chi connectivity index (χ4n) is 2.52. The lowest BCUT2D eigenvalue weighted by atomic mass is 10.2. The third-order valence-corrected chi connectivity index (χ3v) is 5.40. The summed E-state index contributed by atoms with van der Waals surface area (Å²) in [4.78, 5) is 12.1. The maximum Gasteiger partial charge on any atom is 0.271 e. The molecule has 8 heteroatoms. The average Bonchev–Trinajstić information content (AvgIpc) is 2.74. The molecule has 1 amide bonds. The van der Waals surface area contributed by atoms with Crippen LogP contribution in [0.2, 0.25) is 5.02 Å². The van der Waals surface area contributed by atoms with Crippen molar-refractivity contribution in [3.8, 4) is 11.5 Å². The molecule has 0 fully saturated rings. The summed E-state index contributed by atoms with van der Waals surface area (Å²) < 4.78 is 13.1. The van der Waals surface area contributed by atoms with Gasteiger partial charge in [-0.3, -0.25) is 4.79 Å². The Kier molecular flexibility index (Phi) is 7.90. The normalized spacial score (nSPS) is 10.8. The number of hydrogen-bond acceptors (Lipinski definition) is 4. The molecule has 3 aromatic carbocycles. The Morgan fingerprint density at radius 2 is 1.80 bits per heavy atom. The van der Waals surface area contributed by atoms with Crippen molar-refractivity contribution in [2.45, 2.75) is 6.61 Å². The molecule has 1 N–H and O–H groups in total. The minimum absolute atomic E-state index is 0.330. The molecule has 0 atom stereocenters. The van der Waals surface area contributed by atoms with Gasteiger partial charge in [0.15, 0.2) is 11.5 Å². The molecule has 0 saturated heterocycles. The van der Waals surface area contributed by atoms with Crippen LogP contribution in [0.1, 0.15) is 21.5 Å². The van der Waals surface area contributed by atoms with Gasteiger partial charge in [0.25, 0.3) is 5.91 Å². The van der Waals surface area contributed by atoms with Crippen LogP contribution >= 0.6 is 43.5 Å². The predicted molar refractivity (Wildman–Crippen MR) is 126 cm³/mol. The van der Waals surface area contributed by atoms with Crippen molar-refractivity contribution in [2.75, 3.05) is 7.11 Å². The molecule has 0 aromatic heterocycles. The maximum atomic E-state index is 12.1. The number of halogens is 3. The van der Waals surface area contributed by atoms with Gasteiger partial charge in [-0.1, -0.05) is 39.7 Å². The van der Waals surface area contributed by atoms with Crippen LogP contribution < -0.4 is 14.9 Å². The Balaban J connectivity index is 1.68. The summed E-state index contributed by atoms with van der Waals surface area (Å²) in [6, 6.07) is 18.0. The lowest BCUT2D eigenvalue weighted by Crippen LogP contribution is -2.17. The van der Waals surface area contributed by atoms with Crippen molar-refractivity contribution >= 4 is 55.6 Å². The number of methoxy groups -OCH3 is 1. The Morgan fingerprint density at radius 3 is 2.47 bits per heavy atom. The van der Waals surface area contributed by atoms with E-state index in [1.165, 1.54) is 6.21 Å². The summed E-state index contributed by atoms with van der Waals surface area (Å²) in [5.41, 5.74) is 4.71. The van der Waals surface area contributed by atoms with Gasteiger partial charge in [-0.2, -0.15) is 5.10 Å². The lowest BCUT2D eigenvalue weighted by molar-refractivity contribution is 0.0955. The van der Waals surface area contributed by atoms with Crippen LogP contribution in [-0.2, 0) is 6.61 Å².